The van der Waals surface area contributed by atoms with E-state index in [0.717, 1.165) is 28.6 Å². The number of amides is 2. The van der Waals surface area contributed by atoms with Crippen molar-refractivity contribution in [3.63, 3.8) is 0 Å². The van der Waals surface area contributed by atoms with Crippen LogP contribution in [0.15, 0.2) is 48.0 Å². The molecule has 1 unspecified atom stereocenters. The first-order valence-electron chi connectivity index (χ1n) is 15.1. The van der Waals surface area contributed by atoms with Crippen molar-refractivity contribution in [2.75, 3.05) is 13.1 Å². The molecule has 5 rings (SSSR count). The second-order valence-electron chi connectivity index (χ2n) is 11.6. The lowest BCUT2D eigenvalue weighted by Crippen LogP contribution is -2.68. The first-order chi connectivity index (χ1) is 22.6. The maximum Gasteiger partial charge on any atom is 0.425 e. The number of piperidine rings is 1. The number of nitrogens with zero attached hydrogens (tertiary/aromatic N) is 3. The average Bonchev–Trinajstić information content (AvgIpc) is 3.50. The Labute approximate surface area is 274 Å². The fourth-order valence-electron chi connectivity index (χ4n) is 6.63. The first-order valence-corrected chi connectivity index (χ1v) is 15.9. The quantitative estimate of drug-likeness (QED) is 0.251. The number of carbonyl (C=O) groups excluding carboxylic acids is 2. The van der Waals surface area contributed by atoms with Gasteiger partial charge in [0.15, 0.2) is 0 Å². The lowest BCUT2D eigenvalue weighted by atomic mass is 9.78. The molecule has 1 fully saturated rings. The molecule has 0 bridgehead atoms. The highest BCUT2D eigenvalue weighted by molar-refractivity contribution is 7.10. The van der Waals surface area contributed by atoms with E-state index in [4.69, 9.17) is 4.74 Å². The number of carboxylic acids is 1. The summed E-state index contributed by atoms with van der Waals surface area (Å²) < 4.78 is 103. The van der Waals surface area contributed by atoms with Crippen molar-refractivity contribution in [2.45, 2.75) is 75.5 Å². The van der Waals surface area contributed by atoms with E-state index in [1.165, 1.54) is 17.0 Å². The van der Waals surface area contributed by atoms with Crippen LogP contribution in [0.1, 0.15) is 77.1 Å². The number of carbonyl (C=O) groups is 3. The zero-order valence-electron chi connectivity index (χ0n) is 25.4. The number of hydrogen-bond acceptors (Lipinski definition) is 6. The van der Waals surface area contributed by atoms with Crippen LogP contribution < -0.4 is 4.74 Å². The Hall–Kier alpha value is -4.21. The molecule has 4 heterocycles. The Bertz CT molecular complexity index is 1690. The maximum absolute atomic E-state index is 14.9. The van der Waals surface area contributed by atoms with Gasteiger partial charge in [0.05, 0.1) is 24.1 Å². The van der Waals surface area contributed by atoms with E-state index < -0.39 is 76.2 Å². The van der Waals surface area contributed by atoms with Gasteiger partial charge >= 0.3 is 18.3 Å². The van der Waals surface area contributed by atoms with Crippen LogP contribution in [-0.2, 0) is 28.4 Å². The number of pyridine rings is 1. The Morgan fingerprint density at radius 3 is 2.46 bits per heavy atom. The van der Waals surface area contributed by atoms with Gasteiger partial charge in [0.25, 0.3) is 11.8 Å². The summed E-state index contributed by atoms with van der Waals surface area (Å²) in [6.45, 7) is 1.45. The zero-order valence-corrected chi connectivity index (χ0v) is 26.2. The number of carboxylic acid groups (broad SMARTS) is 1. The molecule has 1 aromatic carbocycles. The van der Waals surface area contributed by atoms with Crippen molar-refractivity contribution in [3.8, 4) is 5.75 Å². The summed E-state index contributed by atoms with van der Waals surface area (Å²) >= 11 is 0.312. The Balaban J connectivity index is 1.65. The molecule has 8 nitrogen and oxygen atoms in total. The number of thiophene rings is 1. The molecule has 1 saturated heterocycles. The van der Waals surface area contributed by atoms with Crippen LogP contribution in [0, 0.1) is 5.82 Å². The predicted octanol–water partition coefficient (Wildman–Crippen LogP) is 7.14. The fourth-order valence-corrected chi connectivity index (χ4v) is 7.31. The SMILES string of the molecule is CCC[C@H]1N(C(=O)c2ncccc2C(F)(F)F)CCC[C@@]1(Oc1csc(C(F)(F)F)c1)C(=O)N1CCc2cc(F)ccc2C1CC(=O)O. The zero-order chi connectivity index (χ0) is 35.0. The van der Waals surface area contributed by atoms with Gasteiger partial charge in [-0.15, -0.1) is 11.3 Å². The third-order valence-electron chi connectivity index (χ3n) is 8.61. The number of likely N-dealkylation sites (tertiary alicyclic amines) is 1. The summed E-state index contributed by atoms with van der Waals surface area (Å²) in [5.74, 6) is -4.21. The summed E-state index contributed by atoms with van der Waals surface area (Å²) in [5, 5.41) is 10.8. The van der Waals surface area contributed by atoms with Crippen molar-refractivity contribution in [1.29, 1.82) is 0 Å². The van der Waals surface area contributed by atoms with Gasteiger partial charge in [0, 0.05) is 37.2 Å². The number of fused-ring (bicyclic) bond motifs is 1. The van der Waals surface area contributed by atoms with Gasteiger partial charge in [-0.05, 0) is 54.7 Å². The van der Waals surface area contributed by atoms with Gasteiger partial charge < -0.3 is 19.6 Å². The van der Waals surface area contributed by atoms with Crippen molar-refractivity contribution in [1.82, 2.24) is 14.8 Å². The average molecular weight is 702 g/mol. The molecule has 2 amide bonds. The van der Waals surface area contributed by atoms with Crippen molar-refractivity contribution >= 4 is 29.1 Å². The molecule has 0 aliphatic carbocycles. The number of ether oxygens (including phenoxy) is 1. The number of rotatable bonds is 8. The third kappa shape index (κ3) is 6.84. The topological polar surface area (TPSA) is 100 Å². The molecule has 2 aliphatic rings. The summed E-state index contributed by atoms with van der Waals surface area (Å²) in [5.41, 5.74) is -3.55. The molecule has 3 aromatic rings. The minimum atomic E-state index is -4.95. The van der Waals surface area contributed by atoms with E-state index in [1.54, 1.807) is 6.92 Å². The first kappa shape index (κ1) is 35.1. The third-order valence-corrected chi connectivity index (χ3v) is 9.56. The van der Waals surface area contributed by atoms with Crippen LogP contribution in [0.5, 0.6) is 5.75 Å². The van der Waals surface area contributed by atoms with Gasteiger partial charge in [0.2, 0.25) is 5.60 Å². The Morgan fingerprint density at radius 1 is 1.06 bits per heavy atom. The molecular weight excluding hydrogens is 671 g/mol. The van der Waals surface area contributed by atoms with E-state index in [9.17, 15) is 50.2 Å². The molecule has 16 heteroatoms. The van der Waals surface area contributed by atoms with Gasteiger partial charge in [-0.25, -0.2) is 4.39 Å². The normalized spacial score (nSPS) is 21.5. The van der Waals surface area contributed by atoms with E-state index >= 15 is 0 Å². The number of hydrogen-bond donors (Lipinski definition) is 1. The van der Waals surface area contributed by atoms with E-state index in [1.807, 2.05) is 0 Å². The lowest BCUT2D eigenvalue weighted by molar-refractivity contribution is -0.163. The Morgan fingerprint density at radius 2 is 1.81 bits per heavy atom. The van der Waals surface area contributed by atoms with Gasteiger partial charge in [-0.2, -0.15) is 26.3 Å². The lowest BCUT2D eigenvalue weighted by Gasteiger charge is -2.51. The van der Waals surface area contributed by atoms with Crippen LogP contribution >= 0.6 is 11.3 Å². The predicted molar refractivity (Wildman–Crippen MR) is 158 cm³/mol. The van der Waals surface area contributed by atoms with Crippen LogP contribution in [0.3, 0.4) is 0 Å². The molecule has 2 aliphatic heterocycles. The molecule has 48 heavy (non-hydrogen) atoms. The van der Waals surface area contributed by atoms with E-state index in [2.05, 4.69) is 4.98 Å². The molecule has 0 spiro atoms. The summed E-state index contributed by atoms with van der Waals surface area (Å²) in [6, 6.07) is 3.68. The standard InChI is InChI=1S/C32H30F7N3O5S/c1-2-5-24-30(47-20-15-25(48-17-20)32(37,38)39,10-4-12-42(24)28(45)27-22(31(34,35)36)6-3-11-40-27)29(46)41-13-9-18-14-19(33)7-8-21(18)23(41)16-26(43)44/h3,6-8,11,14-15,17,23-24H,2,4-5,9-10,12-13,16H2,1H3,(H,43,44)/t23?,24-,30+/m1/s1. The minimum absolute atomic E-state index is 0.00137. The summed E-state index contributed by atoms with van der Waals surface area (Å²) in [6.07, 6.45) is -9.07. The molecule has 3 atom stereocenters. The molecule has 0 saturated carbocycles. The van der Waals surface area contributed by atoms with Gasteiger partial charge in [-0.1, -0.05) is 19.4 Å². The highest BCUT2D eigenvalue weighted by atomic mass is 32.1. The Kier molecular flexibility index (Phi) is 9.77. The fraction of sp³-hybridized carbons (Fsp3) is 0.438. The number of aliphatic carboxylic acids is 1. The van der Waals surface area contributed by atoms with Gasteiger partial charge in [0.1, 0.15) is 22.1 Å². The molecule has 2 aromatic heterocycles. The van der Waals surface area contributed by atoms with Crippen molar-refractivity contribution < 1.29 is 55.0 Å². The molecule has 0 radical (unpaired) electrons. The highest BCUT2D eigenvalue weighted by Gasteiger charge is 2.57. The molecule has 1 N–H and O–H groups in total. The second kappa shape index (κ2) is 13.4. The van der Waals surface area contributed by atoms with Crippen LogP contribution in [0.2, 0.25) is 0 Å². The smallest absolute Gasteiger partial charge is 0.425 e. The van der Waals surface area contributed by atoms with Crippen molar-refractivity contribution in [3.05, 3.63) is 81.1 Å². The molecule has 258 valence electrons. The van der Waals surface area contributed by atoms with Crippen LogP contribution in [0.4, 0.5) is 30.7 Å². The number of halogens is 7. The van der Waals surface area contributed by atoms with E-state index in [0.29, 0.717) is 34.6 Å². The maximum atomic E-state index is 14.9. The second-order valence-corrected chi connectivity index (χ2v) is 12.6. The number of aromatic nitrogens is 1. The van der Waals surface area contributed by atoms with Gasteiger partial charge in [-0.3, -0.25) is 19.4 Å². The largest absolute Gasteiger partial charge is 0.481 e. The number of benzene rings is 1. The van der Waals surface area contributed by atoms with Crippen LogP contribution in [-0.4, -0.2) is 62.4 Å². The molecular formula is C32H30F7N3O5S. The summed E-state index contributed by atoms with van der Waals surface area (Å²) in [7, 11) is 0. The monoisotopic (exact) mass is 701 g/mol. The van der Waals surface area contributed by atoms with Crippen molar-refractivity contribution in [2.24, 2.45) is 0 Å². The highest BCUT2D eigenvalue weighted by Crippen LogP contribution is 2.44. The van der Waals surface area contributed by atoms with E-state index in [-0.39, 0.29) is 50.9 Å². The summed E-state index contributed by atoms with van der Waals surface area (Å²) in [4.78, 5) is 45.9. The minimum Gasteiger partial charge on any atom is -0.481 e. The van der Waals surface area contributed by atoms with Crippen LogP contribution in [0.25, 0.3) is 0 Å². The number of alkyl halides is 6.